The lowest BCUT2D eigenvalue weighted by molar-refractivity contribution is 0.0692. The van der Waals surface area contributed by atoms with E-state index in [1.807, 2.05) is 0 Å². The molecule has 1 aliphatic carbocycles. The lowest BCUT2D eigenvalue weighted by atomic mass is 9.81. The van der Waals surface area contributed by atoms with E-state index in [4.69, 9.17) is 9.47 Å². The van der Waals surface area contributed by atoms with Gasteiger partial charge in [-0.1, -0.05) is 0 Å². The van der Waals surface area contributed by atoms with Crippen molar-refractivity contribution in [3.63, 3.8) is 0 Å². The molecule has 2 N–H and O–H groups in total. The Hall–Kier alpha value is -3.35. The third-order valence-electron chi connectivity index (χ3n) is 4.19. The lowest BCUT2D eigenvalue weighted by Gasteiger charge is -2.22. The fourth-order valence-electron chi connectivity index (χ4n) is 3.03. The summed E-state index contributed by atoms with van der Waals surface area (Å²) in [6, 6.07) is 4.16. The molecular weight excluding hydrogens is 328 g/mol. The average Bonchev–Trinajstić information content (AvgIpc) is 2.57. The number of ketones is 2. The summed E-state index contributed by atoms with van der Waals surface area (Å²) in [5.74, 6) is -2.85. The third kappa shape index (κ3) is 2.24. The van der Waals surface area contributed by atoms with E-state index in [1.165, 1.54) is 39.3 Å². The van der Waals surface area contributed by atoms with E-state index in [1.54, 1.807) is 0 Å². The number of carbonyl (C=O) groups excluding carboxylic acids is 2. The van der Waals surface area contributed by atoms with Gasteiger partial charge in [0.1, 0.15) is 22.8 Å². The maximum absolute atomic E-state index is 12.9. The summed E-state index contributed by atoms with van der Waals surface area (Å²) in [6.45, 7) is 1.45. The first-order valence-corrected chi connectivity index (χ1v) is 7.27. The van der Waals surface area contributed by atoms with Crippen LogP contribution >= 0.6 is 0 Å². The summed E-state index contributed by atoms with van der Waals surface area (Å²) in [5, 5.41) is 19.6. The third-order valence-corrected chi connectivity index (χ3v) is 4.19. The molecule has 0 atom stereocenters. The summed E-state index contributed by atoms with van der Waals surface area (Å²) in [5.41, 5.74) is -0.553. The van der Waals surface area contributed by atoms with Gasteiger partial charge in [0.25, 0.3) is 0 Å². The van der Waals surface area contributed by atoms with Crippen molar-refractivity contribution in [3.05, 3.63) is 51.6 Å². The highest BCUT2D eigenvalue weighted by atomic mass is 16.5. The fraction of sp³-hybridized carbons (Fsp3) is 0.167. The molecule has 0 saturated heterocycles. The fourth-order valence-corrected chi connectivity index (χ4v) is 3.03. The Morgan fingerprint density at radius 3 is 2.16 bits per heavy atom. The highest BCUT2D eigenvalue weighted by Gasteiger charge is 2.37. The number of rotatable bonds is 3. The zero-order valence-corrected chi connectivity index (χ0v) is 13.7. The van der Waals surface area contributed by atoms with Crippen LogP contribution in [0.3, 0.4) is 0 Å². The van der Waals surface area contributed by atoms with Crippen molar-refractivity contribution in [2.45, 2.75) is 6.92 Å². The van der Waals surface area contributed by atoms with E-state index in [2.05, 4.69) is 0 Å². The molecule has 0 heterocycles. The monoisotopic (exact) mass is 342 g/mol. The minimum Gasteiger partial charge on any atom is -0.506 e. The molecule has 0 unspecified atom stereocenters. The van der Waals surface area contributed by atoms with Gasteiger partial charge in [0.15, 0.2) is 5.78 Å². The van der Waals surface area contributed by atoms with Gasteiger partial charge in [-0.05, 0) is 24.6 Å². The summed E-state index contributed by atoms with van der Waals surface area (Å²) in [6.07, 6.45) is 0. The van der Waals surface area contributed by atoms with Gasteiger partial charge in [-0.25, -0.2) is 4.79 Å². The van der Waals surface area contributed by atoms with Gasteiger partial charge in [-0.2, -0.15) is 0 Å². The van der Waals surface area contributed by atoms with Gasteiger partial charge in [-0.3, -0.25) is 9.59 Å². The number of fused-ring (bicyclic) bond motifs is 2. The second-order valence-electron chi connectivity index (χ2n) is 5.56. The van der Waals surface area contributed by atoms with E-state index in [9.17, 15) is 24.6 Å². The number of methoxy groups -OCH3 is 2. The Morgan fingerprint density at radius 2 is 1.60 bits per heavy atom. The van der Waals surface area contributed by atoms with Crippen LogP contribution in [0.5, 0.6) is 17.2 Å². The van der Waals surface area contributed by atoms with Crippen LogP contribution in [0.1, 0.15) is 47.8 Å². The largest absolute Gasteiger partial charge is 0.506 e. The Balaban J connectivity index is 2.38. The van der Waals surface area contributed by atoms with Crippen molar-refractivity contribution >= 4 is 17.5 Å². The maximum atomic E-state index is 12.9. The second-order valence-corrected chi connectivity index (χ2v) is 5.56. The standard InChI is InChI=1S/C18H14O7/c1-7-4-9-14(16(20)12(7)18(22)23)17(21)13-10(15(9)19)5-8(24-2)6-11(13)25-3/h4-6,20H,1-3H3,(H,22,23). The zero-order chi connectivity index (χ0) is 18.5. The lowest BCUT2D eigenvalue weighted by Crippen LogP contribution is -2.23. The predicted octanol–water partition coefficient (Wildman–Crippen LogP) is 2.19. The number of phenols is 1. The smallest absolute Gasteiger partial charge is 0.339 e. The molecule has 2 aromatic carbocycles. The molecule has 0 aliphatic heterocycles. The van der Waals surface area contributed by atoms with Crippen molar-refractivity contribution in [1.82, 2.24) is 0 Å². The first-order chi connectivity index (χ1) is 11.8. The molecular formula is C18H14O7. The number of aromatic hydroxyl groups is 1. The molecule has 0 bridgehead atoms. The number of aryl methyl sites for hydroxylation is 1. The summed E-state index contributed by atoms with van der Waals surface area (Å²) in [4.78, 5) is 37.1. The second kappa shape index (κ2) is 5.62. The van der Waals surface area contributed by atoms with E-state index in [0.717, 1.165) is 0 Å². The molecule has 3 rings (SSSR count). The number of carbonyl (C=O) groups is 3. The predicted molar refractivity (Wildman–Crippen MR) is 86.2 cm³/mol. The SMILES string of the molecule is COc1cc(OC)c2c(c1)C(=O)c1cc(C)c(C(=O)O)c(O)c1C2=O. The van der Waals surface area contributed by atoms with E-state index >= 15 is 0 Å². The van der Waals surface area contributed by atoms with Crippen LogP contribution < -0.4 is 9.47 Å². The molecule has 0 amide bonds. The average molecular weight is 342 g/mol. The molecule has 7 nitrogen and oxygen atoms in total. The van der Waals surface area contributed by atoms with Crippen molar-refractivity contribution in [3.8, 4) is 17.2 Å². The molecule has 128 valence electrons. The van der Waals surface area contributed by atoms with Crippen molar-refractivity contribution in [1.29, 1.82) is 0 Å². The number of benzene rings is 2. The number of aromatic carboxylic acids is 1. The molecule has 1 aliphatic rings. The van der Waals surface area contributed by atoms with Gasteiger partial charge in [-0.15, -0.1) is 0 Å². The number of carboxylic acids is 1. The maximum Gasteiger partial charge on any atom is 0.339 e. The molecule has 0 fully saturated rings. The van der Waals surface area contributed by atoms with Crippen LogP contribution in [-0.2, 0) is 0 Å². The molecule has 7 heteroatoms. The minimum absolute atomic E-state index is 0.0312. The molecule has 2 aromatic rings. The number of hydrogen-bond acceptors (Lipinski definition) is 6. The first-order valence-electron chi connectivity index (χ1n) is 7.27. The Kier molecular flexibility index (Phi) is 3.71. The van der Waals surface area contributed by atoms with Crippen LogP contribution in [-0.4, -0.2) is 42.0 Å². The topological polar surface area (TPSA) is 110 Å². The highest BCUT2D eigenvalue weighted by molar-refractivity contribution is 6.31. The number of carboxylic acid groups (broad SMARTS) is 1. The van der Waals surface area contributed by atoms with Gasteiger partial charge in [0, 0.05) is 17.2 Å². The van der Waals surface area contributed by atoms with Gasteiger partial charge >= 0.3 is 5.97 Å². The summed E-state index contributed by atoms with van der Waals surface area (Å²) < 4.78 is 10.3. The van der Waals surface area contributed by atoms with E-state index < -0.39 is 28.8 Å². The Morgan fingerprint density at radius 1 is 0.960 bits per heavy atom. The van der Waals surface area contributed by atoms with Crippen LogP contribution in [0.2, 0.25) is 0 Å². The summed E-state index contributed by atoms with van der Waals surface area (Å²) >= 11 is 0. The van der Waals surface area contributed by atoms with Crippen molar-refractivity contribution < 1.29 is 34.1 Å². The minimum atomic E-state index is -1.38. The molecule has 0 radical (unpaired) electrons. The highest BCUT2D eigenvalue weighted by Crippen LogP contribution is 2.41. The van der Waals surface area contributed by atoms with Crippen LogP contribution in [0.4, 0.5) is 0 Å². The van der Waals surface area contributed by atoms with Crippen LogP contribution in [0.25, 0.3) is 0 Å². The van der Waals surface area contributed by atoms with Gasteiger partial charge < -0.3 is 19.7 Å². The number of hydrogen-bond donors (Lipinski definition) is 2. The quantitative estimate of drug-likeness (QED) is 0.750. The van der Waals surface area contributed by atoms with E-state index in [-0.39, 0.29) is 33.6 Å². The van der Waals surface area contributed by atoms with Crippen molar-refractivity contribution in [2.24, 2.45) is 0 Å². The zero-order valence-electron chi connectivity index (χ0n) is 13.7. The number of ether oxygens (including phenoxy) is 2. The Labute approximate surface area is 142 Å². The summed E-state index contributed by atoms with van der Waals surface area (Å²) in [7, 11) is 2.75. The first kappa shape index (κ1) is 16.5. The molecule has 0 saturated carbocycles. The Bertz CT molecular complexity index is 957. The van der Waals surface area contributed by atoms with Gasteiger partial charge in [0.2, 0.25) is 5.78 Å². The molecule has 25 heavy (non-hydrogen) atoms. The normalized spacial score (nSPS) is 12.4. The molecule has 0 aromatic heterocycles. The van der Waals surface area contributed by atoms with Crippen molar-refractivity contribution in [2.75, 3.05) is 14.2 Å². The van der Waals surface area contributed by atoms with Gasteiger partial charge in [0.05, 0.1) is 25.3 Å². The van der Waals surface area contributed by atoms with Crippen LogP contribution in [0, 0.1) is 6.92 Å². The van der Waals surface area contributed by atoms with Crippen LogP contribution in [0.15, 0.2) is 18.2 Å². The van der Waals surface area contributed by atoms with E-state index in [0.29, 0.717) is 5.75 Å². The molecule has 0 spiro atoms.